The zero-order valence-corrected chi connectivity index (χ0v) is 12.6. The van der Waals surface area contributed by atoms with Gasteiger partial charge in [-0.05, 0) is 16.0 Å². The van der Waals surface area contributed by atoms with E-state index in [9.17, 15) is 14.7 Å². The molecular weight excluding hydrogens is 316 g/mol. The largest absolute Gasteiger partial charge is 0.477 e. The van der Waals surface area contributed by atoms with Crippen molar-refractivity contribution in [3.63, 3.8) is 0 Å². The summed E-state index contributed by atoms with van der Waals surface area (Å²) in [5.41, 5.74) is 6.42. The summed E-state index contributed by atoms with van der Waals surface area (Å²) in [6.07, 6.45) is 0. The standard InChI is InChI=1S/C10H12N6O3S2/c1-15-10(12-13-14-15)21-3-4-2-20-8-5(11)7(17)16(8)6(4)9(18)19/h5,8H,2-3,11H2,1H3,(H,18,19)/t5-,8+/m1/s1. The van der Waals surface area contributed by atoms with Crippen LogP contribution >= 0.6 is 23.5 Å². The molecule has 0 aliphatic carbocycles. The number of hydrogen-bond donors (Lipinski definition) is 2. The number of nitrogens with two attached hydrogens (primary N) is 1. The molecule has 0 unspecified atom stereocenters. The van der Waals surface area contributed by atoms with Gasteiger partial charge in [-0.1, -0.05) is 11.8 Å². The van der Waals surface area contributed by atoms with Crippen LogP contribution in [0.5, 0.6) is 0 Å². The fourth-order valence-electron chi connectivity index (χ4n) is 2.19. The van der Waals surface area contributed by atoms with Gasteiger partial charge in [0.25, 0.3) is 0 Å². The number of nitrogens with zero attached hydrogens (tertiary/aromatic N) is 5. The third-order valence-corrected chi connectivity index (χ3v) is 5.71. The minimum atomic E-state index is -1.10. The zero-order valence-electron chi connectivity index (χ0n) is 11.0. The Hall–Kier alpha value is -1.59. The van der Waals surface area contributed by atoms with Gasteiger partial charge in [-0.3, -0.25) is 9.69 Å². The lowest BCUT2D eigenvalue weighted by molar-refractivity contribution is -0.147. The molecule has 9 nitrogen and oxygen atoms in total. The van der Waals surface area contributed by atoms with E-state index < -0.39 is 12.0 Å². The molecule has 2 atom stereocenters. The van der Waals surface area contributed by atoms with Gasteiger partial charge in [0.2, 0.25) is 11.1 Å². The quantitative estimate of drug-likeness (QED) is 0.522. The first-order valence-corrected chi connectivity index (χ1v) is 8.05. The highest BCUT2D eigenvalue weighted by molar-refractivity contribution is 8.01. The van der Waals surface area contributed by atoms with Crippen LogP contribution in [0.3, 0.4) is 0 Å². The summed E-state index contributed by atoms with van der Waals surface area (Å²) in [5.74, 6) is -0.504. The van der Waals surface area contributed by atoms with E-state index in [1.165, 1.54) is 33.1 Å². The van der Waals surface area contributed by atoms with E-state index >= 15 is 0 Å². The van der Waals surface area contributed by atoms with Crippen LogP contribution in [0.15, 0.2) is 16.4 Å². The van der Waals surface area contributed by atoms with Gasteiger partial charge in [0.15, 0.2) is 0 Å². The number of carbonyl (C=O) groups excluding carboxylic acids is 1. The van der Waals surface area contributed by atoms with E-state index in [-0.39, 0.29) is 17.0 Å². The summed E-state index contributed by atoms with van der Waals surface area (Å²) in [4.78, 5) is 24.6. The number of fused-ring (bicyclic) bond motifs is 1. The summed E-state index contributed by atoms with van der Waals surface area (Å²) >= 11 is 2.82. The first-order chi connectivity index (χ1) is 10.0. The maximum absolute atomic E-state index is 11.8. The second-order valence-electron chi connectivity index (χ2n) is 4.57. The molecule has 2 aliphatic rings. The van der Waals surface area contributed by atoms with Gasteiger partial charge in [0.1, 0.15) is 17.1 Å². The Morgan fingerprint density at radius 2 is 2.38 bits per heavy atom. The molecule has 0 saturated carbocycles. The van der Waals surface area contributed by atoms with Crippen molar-refractivity contribution in [2.45, 2.75) is 16.6 Å². The fraction of sp³-hybridized carbons (Fsp3) is 0.500. The number of thioether (sulfide) groups is 2. The van der Waals surface area contributed by atoms with E-state index in [4.69, 9.17) is 5.73 Å². The highest BCUT2D eigenvalue weighted by atomic mass is 32.2. The molecule has 11 heteroatoms. The van der Waals surface area contributed by atoms with Crippen LogP contribution in [0.2, 0.25) is 0 Å². The van der Waals surface area contributed by atoms with Crippen molar-refractivity contribution in [3.05, 3.63) is 11.3 Å². The molecule has 3 heterocycles. The summed E-state index contributed by atoms with van der Waals surface area (Å²) in [5, 5.41) is 20.8. The average molecular weight is 328 g/mol. The number of aromatic nitrogens is 4. The Morgan fingerprint density at radius 1 is 1.62 bits per heavy atom. The molecular formula is C10H12N6O3S2. The van der Waals surface area contributed by atoms with E-state index in [1.54, 1.807) is 7.05 Å². The second-order valence-corrected chi connectivity index (χ2v) is 6.61. The van der Waals surface area contributed by atoms with Crippen molar-refractivity contribution in [1.29, 1.82) is 0 Å². The van der Waals surface area contributed by atoms with Crippen LogP contribution in [-0.4, -0.2) is 65.0 Å². The second kappa shape index (κ2) is 5.31. The normalized spacial score (nSPS) is 24.9. The lowest BCUT2D eigenvalue weighted by Gasteiger charge is -2.48. The number of rotatable bonds is 4. The third kappa shape index (κ3) is 2.30. The van der Waals surface area contributed by atoms with Crippen molar-refractivity contribution in [3.8, 4) is 0 Å². The molecule has 1 aromatic heterocycles. The number of tetrazole rings is 1. The zero-order chi connectivity index (χ0) is 15.1. The van der Waals surface area contributed by atoms with Crippen LogP contribution < -0.4 is 5.73 Å². The first kappa shape index (κ1) is 14.4. The van der Waals surface area contributed by atoms with Crippen LogP contribution in [-0.2, 0) is 16.6 Å². The topological polar surface area (TPSA) is 127 Å². The van der Waals surface area contributed by atoms with E-state index in [0.29, 0.717) is 22.2 Å². The number of carboxylic acid groups (broad SMARTS) is 1. The number of carboxylic acids is 1. The molecule has 0 spiro atoms. The maximum Gasteiger partial charge on any atom is 0.352 e. The van der Waals surface area contributed by atoms with E-state index in [0.717, 1.165) is 0 Å². The van der Waals surface area contributed by atoms with Gasteiger partial charge in [0.05, 0.1) is 0 Å². The maximum atomic E-state index is 11.8. The summed E-state index contributed by atoms with van der Waals surface area (Å²) in [7, 11) is 1.71. The first-order valence-electron chi connectivity index (χ1n) is 6.01. The average Bonchev–Trinajstić information content (AvgIpc) is 2.88. The SMILES string of the molecule is Cn1nnnc1SCC1=C(C(=O)O)N2C(=O)[C@@H](N)[C@@H]2SC1. The number of aliphatic carboxylic acids is 1. The number of amides is 1. The van der Waals surface area contributed by atoms with Crippen LogP contribution in [0.1, 0.15) is 0 Å². The number of aryl methyl sites for hydroxylation is 1. The Balaban J connectivity index is 1.83. The van der Waals surface area contributed by atoms with Crippen molar-refractivity contribution >= 4 is 35.4 Å². The molecule has 0 radical (unpaired) electrons. The smallest absolute Gasteiger partial charge is 0.352 e. The van der Waals surface area contributed by atoms with Crippen LogP contribution in [0.4, 0.5) is 0 Å². The van der Waals surface area contributed by atoms with Crippen molar-refractivity contribution in [2.75, 3.05) is 11.5 Å². The van der Waals surface area contributed by atoms with E-state index in [1.807, 2.05) is 0 Å². The Morgan fingerprint density at radius 3 is 3.00 bits per heavy atom. The lowest BCUT2D eigenvalue weighted by Crippen LogP contribution is -2.68. The molecule has 1 aromatic rings. The molecule has 3 rings (SSSR count). The molecule has 0 aromatic carbocycles. The minimum absolute atomic E-state index is 0.0491. The number of hydrogen-bond acceptors (Lipinski definition) is 8. The minimum Gasteiger partial charge on any atom is -0.477 e. The van der Waals surface area contributed by atoms with Gasteiger partial charge in [-0.25, -0.2) is 9.48 Å². The highest BCUT2D eigenvalue weighted by Crippen LogP contribution is 2.40. The predicted molar refractivity (Wildman–Crippen MR) is 75.3 cm³/mol. The van der Waals surface area contributed by atoms with Crippen LogP contribution in [0.25, 0.3) is 0 Å². The number of β-lactam (4-membered cyclic amide) rings is 1. The fourth-order valence-corrected chi connectivity index (χ4v) is 4.47. The summed E-state index contributed by atoms with van der Waals surface area (Å²) < 4.78 is 1.51. The van der Waals surface area contributed by atoms with Crippen LogP contribution in [0, 0.1) is 0 Å². The van der Waals surface area contributed by atoms with Gasteiger partial charge in [0, 0.05) is 18.6 Å². The molecule has 1 fully saturated rings. The Bertz CT molecular complexity index is 644. The summed E-state index contributed by atoms with van der Waals surface area (Å²) in [6, 6.07) is -0.610. The van der Waals surface area contributed by atoms with Gasteiger partial charge >= 0.3 is 5.97 Å². The third-order valence-electron chi connectivity index (χ3n) is 3.25. The molecule has 21 heavy (non-hydrogen) atoms. The Labute approximate surface area is 127 Å². The number of carbonyl (C=O) groups is 2. The monoisotopic (exact) mass is 328 g/mol. The van der Waals surface area contributed by atoms with Gasteiger partial charge < -0.3 is 10.8 Å². The lowest BCUT2D eigenvalue weighted by atomic mass is 10.0. The van der Waals surface area contributed by atoms with Crippen molar-refractivity contribution < 1.29 is 14.7 Å². The van der Waals surface area contributed by atoms with Crippen molar-refractivity contribution in [2.24, 2.45) is 12.8 Å². The molecule has 3 N–H and O–H groups in total. The molecule has 1 saturated heterocycles. The molecule has 2 aliphatic heterocycles. The van der Waals surface area contributed by atoms with Gasteiger partial charge in [-0.2, -0.15) is 0 Å². The van der Waals surface area contributed by atoms with Crippen molar-refractivity contribution in [1.82, 2.24) is 25.1 Å². The summed E-state index contributed by atoms with van der Waals surface area (Å²) in [6.45, 7) is 0. The van der Waals surface area contributed by atoms with Gasteiger partial charge in [-0.15, -0.1) is 16.9 Å². The highest BCUT2D eigenvalue weighted by Gasteiger charge is 2.51. The molecule has 0 bridgehead atoms. The molecule has 112 valence electrons. The van der Waals surface area contributed by atoms with E-state index in [2.05, 4.69) is 15.5 Å². The molecule has 1 amide bonds. The Kier molecular flexibility index (Phi) is 3.63. The predicted octanol–water partition coefficient (Wildman–Crippen LogP) is -1.12.